The van der Waals surface area contributed by atoms with E-state index in [0.717, 1.165) is 39.0 Å². The molecule has 2 aromatic carbocycles. The molecule has 5 heteroatoms. The van der Waals surface area contributed by atoms with Gasteiger partial charge in [0.25, 0.3) is 5.91 Å². The maximum absolute atomic E-state index is 12.3. The highest BCUT2D eigenvalue weighted by Gasteiger charge is 2.11. The highest BCUT2D eigenvalue weighted by molar-refractivity contribution is 7.08. The van der Waals surface area contributed by atoms with Crippen molar-refractivity contribution in [2.75, 3.05) is 5.32 Å². The molecule has 0 fully saturated rings. The van der Waals surface area contributed by atoms with Crippen molar-refractivity contribution in [3.05, 3.63) is 70.0 Å². The van der Waals surface area contributed by atoms with Gasteiger partial charge in [-0.05, 0) is 66.2 Å². The van der Waals surface area contributed by atoms with Crippen LogP contribution in [-0.4, -0.2) is 11.1 Å². The minimum atomic E-state index is -0.0997. The van der Waals surface area contributed by atoms with Crippen molar-refractivity contribution in [3.8, 4) is 11.1 Å². The molecule has 0 saturated carbocycles. The van der Waals surface area contributed by atoms with Crippen molar-refractivity contribution in [3.63, 3.8) is 0 Å². The molecule has 25 heavy (non-hydrogen) atoms. The molecule has 0 aliphatic carbocycles. The molecule has 0 aliphatic heterocycles. The van der Waals surface area contributed by atoms with Crippen LogP contribution in [0.5, 0.6) is 0 Å². The maximum Gasteiger partial charge on any atom is 0.256 e. The number of aromatic nitrogens is 1. The minimum Gasteiger partial charge on any atom is -0.356 e. The molecule has 0 radical (unpaired) electrons. The fourth-order valence-electron chi connectivity index (χ4n) is 2.84. The van der Waals surface area contributed by atoms with E-state index in [1.165, 1.54) is 11.3 Å². The second-order valence-corrected chi connectivity index (χ2v) is 6.75. The van der Waals surface area contributed by atoms with E-state index in [1.807, 2.05) is 54.1 Å². The summed E-state index contributed by atoms with van der Waals surface area (Å²) in [5.41, 5.74) is 6.31. The molecule has 1 N–H and O–H groups in total. The summed E-state index contributed by atoms with van der Waals surface area (Å²) < 4.78 is 5.38. The quantitative estimate of drug-likeness (QED) is 0.537. The predicted molar refractivity (Wildman–Crippen MR) is 101 cm³/mol. The number of benzene rings is 2. The standard InChI is InChI=1S/C20H16N2O2S/c1-12-3-5-16(21-20(23)15-7-8-25-11-15)10-18(12)14-4-6-17-13(2)22-24-19(17)9-14/h3-11H,1-2H3,(H,21,23). The number of carbonyl (C=O) groups is 1. The van der Waals surface area contributed by atoms with E-state index in [1.54, 1.807) is 0 Å². The van der Waals surface area contributed by atoms with Crippen LogP contribution >= 0.6 is 11.3 Å². The molecule has 124 valence electrons. The fourth-order valence-corrected chi connectivity index (χ4v) is 3.47. The van der Waals surface area contributed by atoms with Crippen molar-refractivity contribution in [2.24, 2.45) is 0 Å². The molecule has 0 aliphatic rings. The van der Waals surface area contributed by atoms with Gasteiger partial charge < -0.3 is 9.84 Å². The number of carbonyl (C=O) groups excluding carboxylic acids is 1. The second-order valence-electron chi connectivity index (χ2n) is 5.97. The Kier molecular flexibility index (Phi) is 3.86. The molecule has 0 unspecified atom stereocenters. The van der Waals surface area contributed by atoms with Crippen LogP contribution in [0.2, 0.25) is 0 Å². The van der Waals surface area contributed by atoms with Gasteiger partial charge in [0, 0.05) is 16.5 Å². The number of anilines is 1. The molecule has 2 aromatic heterocycles. The van der Waals surface area contributed by atoms with Crippen LogP contribution in [0.15, 0.2) is 57.7 Å². The highest BCUT2D eigenvalue weighted by Crippen LogP contribution is 2.30. The number of hydrogen-bond acceptors (Lipinski definition) is 4. The normalized spacial score (nSPS) is 11.0. The van der Waals surface area contributed by atoms with E-state index >= 15 is 0 Å². The van der Waals surface area contributed by atoms with E-state index in [9.17, 15) is 4.79 Å². The lowest BCUT2D eigenvalue weighted by Gasteiger charge is -2.10. The third-order valence-corrected chi connectivity index (χ3v) is 4.93. The molecule has 4 aromatic rings. The summed E-state index contributed by atoms with van der Waals surface area (Å²) in [5, 5.41) is 11.7. The van der Waals surface area contributed by atoms with E-state index < -0.39 is 0 Å². The Morgan fingerprint density at radius 3 is 2.80 bits per heavy atom. The molecular formula is C20H16N2O2S. The average Bonchev–Trinajstić information content (AvgIpc) is 3.27. The van der Waals surface area contributed by atoms with Gasteiger partial charge in [0.15, 0.2) is 5.58 Å². The van der Waals surface area contributed by atoms with Crippen molar-refractivity contribution in [1.29, 1.82) is 0 Å². The summed E-state index contributed by atoms with van der Waals surface area (Å²) >= 11 is 1.51. The fraction of sp³-hybridized carbons (Fsp3) is 0.100. The van der Waals surface area contributed by atoms with Crippen LogP contribution in [0.4, 0.5) is 5.69 Å². The topological polar surface area (TPSA) is 55.1 Å². The van der Waals surface area contributed by atoms with Crippen LogP contribution in [0.3, 0.4) is 0 Å². The maximum atomic E-state index is 12.3. The van der Waals surface area contributed by atoms with Crippen LogP contribution < -0.4 is 5.32 Å². The summed E-state index contributed by atoms with van der Waals surface area (Å²) in [6.07, 6.45) is 0. The number of fused-ring (bicyclic) bond motifs is 1. The predicted octanol–water partition coefficient (Wildman–Crippen LogP) is 5.43. The highest BCUT2D eigenvalue weighted by atomic mass is 32.1. The molecule has 1 amide bonds. The van der Waals surface area contributed by atoms with Crippen LogP contribution in [0.1, 0.15) is 21.6 Å². The third-order valence-electron chi connectivity index (χ3n) is 4.24. The van der Waals surface area contributed by atoms with Gasteiger partial charge in [-0.25, -0.2) is 0 Å². The minimum absolute atomic E-state index is 0.0997. The van der Waals surface area contributed by atoms with E-state index in [2.05, 4.69) is 23.5 Å². The van der Waals surface area contributed by atoms with Gasteiger partial charge >= 0.3 is 0 Å². The molecule has 4 rings (SSSR count). The lowest BCUT2D eigenvalue weighted by molar-refractivity contribution is 0.102. The number of aryl methyl sites for hydroxylation is 2. The molecule has 2 heterocycles. The number of amides is 1. The molecule has 0 saturated heterocycles. The van der Waals surface area contributed by atoms with E-state index in [-0.39, 0.29) is 5.91 Å². The molecule has 0 spiro atoms. The zero-order valence-corrected chi connectivity index (χ0v) is 14.7. The first-order chi connectivity index (χ1) is 12.1. The van der Waals surface area contributed by atoms with Crippen LogP contribution in [-0.2, 0) is 0 Å². The van der Waals surface area contributed by atoms with Crippen molar-refractivity contribution in [1.82, 2.24) is 5.16 Å². The number of rotatable bonds is 3. The van der Waals surface area contributed by atoms with Gasteiger partial charge in [-0.2, -0.15) is 11.3 Å². The lowest BCUT2D eigenvalue weighted by atomic mass is 9.99. The van der Waals surface area contributed by atoms with Crippen molar-refractivity contribution >= 4 is 33.9 Å². The Balaban J connectivity index is 1.70. The number of nitrogens with one attached hydrogen (secondary N) is 1. The monoisotopic (exact) mass is 348 g/mol. The smallest absolute Gasteiger partial charge is 0.256 e. The van der Waals surface area contributed by atoms with Gasteiger partial charge in [0.1, 0.15) is 0 Å². The summed E-state index contributed by atoms with van der Waals surface area (Å²) in [7, 11) is 0. The first kappa shape index (κ1) is 15.6. The molecule has 4 nitrogen and oxygen atoms in total. The zero-order valence-electron chi connectivity index (χ0n) is 13.9. The Hall–Kier alpha value is -2.92. The van der Waals surface area contributed by atoms with E-state index in [4.69, 9.17) is 4.52 Å². The van der Waals surface area contributed by atoms with E-state index in [0.29, 0.717) is 5.56 Å². The molecule has 0 bridgehead atoms. The largest absolute Gasteiger partial charge is 0.356 e. The van der Waals surface area contributed by atoms with Gasteiger partial charge in [0.05, 0.1) is 11.3 Å². The summed E-state index contributed by atoms with van der Waals surface area (Å²) in [6.45, 7) is 3.98. The first-order valence-electron chi connectivity index (χ1n) is 7.92. The number of thiophene rings is 1. The van der Waals surface area contributed by atoms with Crippen molar-refractivity contribution in [2.45, 2.75) is 13.8 Å². The lowest BCUT2D eigenvalue weighted by Crippen LogP contribution is -2.10. The second kappa shape index (κ2) is 6.18. The Morgan fingerprint density at radius 1 is 1.12 bits per heavy atom. The Labute approximate surface area is 149 Å². The van der Waals surface area contributed by atoms with Gasteiger partial charge in [-0.1, -0.05) is 17.3 Å². The van der Waals surface area contributed by atoms with Gasteiger partial charge in [0.2, 0.25) is 0 Å². The number of hydrogen-bond donors (Lipinski definition) is 1. The molecule has 0 atom stereocenters. The summed E-state index contributed by atoms with van der Waals surface area (Å²) in [4.78, 5) is 12.3. The van der Waals surface area contributed by atoms with Crippen LogP contribution in [0.25, 0.3) is 22.1 Å². The SMILES string of the molecule is Cc1ccc(NC(=O)c2ccsc2)cc1-c1ccc2c(C)noc2c1. The molecular weight excluding hydrogens is 332 g/mol. The third kappa shape index (κ3) is 2.94. The Morgan fingerprint density at radius 2 is 2.00 bits per heavy atom. The average molecular weight is 348 g/mol. The van der Waals surface area contributed by atoms with Crippen LogP contribution in [0, 0.1) is 13.8 Å². The van der Waals surface area contributed by atoms with Gasteiger partial charge in [-0.3, -0.25) is 4.79 Å². The zero-order chi connectivity index (χ0) is 17.4. The summed E-state index contributed by atoms with van der Waals surface area (Å²) in [5.74, 6) is -0.0997. The van der Waals surface area contributed by atoms with Gasteiger partial charge in [-0.15, -0.1) is 0 Å². The Bertz CT molecular complexity index is 1060. The van der Waals surface area contributed by atoms with Crippen molar-refractivity contribution < 1.29 is 9.32 Å². The first-order valence-corrected chi connectivity index (χ1v) is 8.87. The summed E-state index contributed by atoms with van der Waals surface area (Å²) in [6, 6.07) is 13.8. The number of nitrogens with zero attached hydrogens (tertiary/aromatic N) is 1.